The SMILES string of the molecule is Cc1c([N+](=O)[O-])c2ccc(O)cc2n1Cc1ccccc1. The molecule has 0 saturated heterocycles. The molecule has 5 heteroatoms. The molecular formula is C16H14N2O3. The molecule has 106 valence electrons. The molecule has 21 heavy (non-hydrogen) atoms. The predicted octanol–water partition coefficient (Wildman–Crippen LogP) is 3.61. The van der Waals surface area contributed by atoms with E-state index in [2.05, 4.69) is 0 Å². The summed E-state index contributed by atoms with van der Waals surface area (Å²) in [4.78, 5) is 11.0. The van der Waals surface area contributed by atoms with Crippen LogP contribution in [-0.4, -0.2) is 14.6 Å². The number of fused-ring (bicyclic) bond motifs is 1. The average molecular weight is 282 g/mol. The van der Waals surface area contributed by atoms with Gasteiger partial charge in [-0.1, -0.05) is 30.3 Å². The number of aromatic nitrogens is 1. The van der Waals surface area contributed by atoms with Gasteiger partial charge in [0.25, 0.3) is 5.69 Å². The molecule has 5 nitrogen and oxygen atoms in total. The molecule has 0 bridgehead atoms. The van der Waals surface area contributed by atoms with Crippen molar-refractivity contribution < 1.29 is 10.0 Å². The molecule has 1 N–H and O–H groups in total. The first-order chi connectivity index (χ1) is 10.1. The van der Waals surface area contributed by atoms with Gasteiger partial charge < -0.3 is 9.67 Å². The van der Waals surface area contributed by atoms with Gasteiger partial charge in [0.05, 0.1) is 21.5 Å². The van der Waals surface area contributed by atoms with Crippen molar-refractivity contribution in [3.63, 3.8) is 0 Å². The number of phenols is 1. The first-order valence-corrected chi connectivity index (χ1v) is 6.58. The number of hydrogen-bond donors (Lipinski definition) is 1. The molecule has 2 aromatic carbocycles. The number of nitrogens with zero attached hydrogens (tertiary/aromatic N) is 2. The molecule has 1 aromatic heterocycles. The molecule has 0 aliphatic rings. The zero-order chi connectivity index (χ0) is 15.0. The lowest BCUT2D eigenvalue weighted by Crippen LogP contribution is -2.02. The second-order valence-electron chi connectivity index (χ2n) is 4.96. The maximum absolute atomic E-state index is 11.3. The van der Waals surface area contributed by atoms with Crippen LogP contribution in [-0.2, 0) is 6.54 Å². The normalized spacial score (nSPS) is 10.9. The Morgan fingerprint density at radius 1 is 1.19 bits per heavy atom. The van der Waals surface area contributed by atoms with E-state index in [1.807, 2.05) is 34.9 Å². The standard InChI is InChI=1S/C16H14N2O3/c1-11-16(18(20)21)14-8-7-13(19)9-15(14)17(11)10-12-5-3-2-4-6-12/h2-9,19H,10H2,1H3. The third-order valence-corrected chi connectivity index (χ3v) is 3.64. The van der Waals surface area contributed by atoms with Crippen LogP contribution in [0.5, 0.6) is 5.75 Å². The van der Waals surface area contributed by atoms with Crippen LogP contribution in [0.1, 0.15) is 11.3 Å². The lowest BCUT2D eigenvalue weighted by atomic mass is 10.2. The predicted molar refractivity (Wildman–Crippen MR) is 80.5 cm³/mol. The van der Waals surface area contributed by atoms with Crippen LogP contribution in [0.3, 0.4) is 0 Å². The third-order valence-electron chi connectivity index (χ3n) is 3.64. The van der Waals surface area contributed by atoms with Crippen LogP contribution < -0.4 is 0 Å². The van der Waals surface area contributed by atoms with Crippen molar-refractivity contribution in [1.82, 2.24) is 4.57 Å². The van der Waals surface area contributed by atoms with Gasteiger partial charge in [0.2, 0.25) is 0 Å². The first-order valence-electron chi connectivity index (χ1n) is 6.58. The molecular weight excluding hydrogens is 268 g/mol. The quantitative estimate of drug-likeness (QED) is 0.589. The Morgan fingerprint density at radius 2 is 1.90 bits per heavy atom. The number of phenolic OH excluding ortho intramolecular Hbond substituents is 1. The van der Waals surface area contributed by atoms with E-state index in [0.717, 1.165) is 5.56 Å². The summed E-state index contributed by atoms with van der Waals surface area (Å²) in [5, 5.41) is 21.5. The fourth-order valence-corrected chi connectivity index (χ4v) is 2.65. The Labute approximate surface area is 121 Å². The van der Waals surface area contributed by atoms with Crippen molar-refractivity contribution in [1.29, 1.82) is 0 Å². The third kappa shape index (κ3) is 2.23. The summed E-state index contributed by atoms with van der Waals surface area (Å²) in [6.45, 7) is 2.26. The van der Waals surface area contributed by atoms with E-state index in [-0.39, 0.29) is 16.4 Å². The fourth-order valence-electron chi connectivity index (χ4n) is 2.65. The van der Waals surface area contributed by atoms with Gasteiger partial charge in [0, 0.05) is 12.6 Å². The van der Waals surface area contributed by atoms with E-state index in [1.54, 1.807) is 19.1 Å². The van der Waals surface area contributed by atoms with Gasteiger partial charge in [-0.15, -0.1) is 0 Å². The van der Waals surface area contributed by atoms with E-state index in [4.69, 9.17) is 0 Å². The summed E-state index contributed by atoms with van der Waals surface area (Å²) in [6, 6.07) is 14.4. The number of hydrogen-bond acceptors (Lipinski definition) is 3. The summed E-state index contributed by atoms with van der Waals surface area (Å²) >= 11 is 0. The summed E-state index contributed by atoms with van der Waals surface area (Å²) in [6.07, 6.45) is 0. The van der Waals surface area contributed by atoms with Crippen LogP contribution in [0.4, 0.5) is 5.69 Å². The number of aromatic hydroxyl groups is 1. The minimum atomic E-state index is -0.365. The van der Waals surface area contributed by atoms with Crippen LogP contribution >= 0.6 is 0 Å². The minimum Gasteiger partial charge on any atom is -0.508 e. The monoisotopic (exact) mass is 282 g/mol. The van der Waals surface area contributed by atoms with Gasteiger partial charge in [-0.2, -0.15) is 0 Å². The topological polar surface area (TPSA) is 68.3 Å². The largest absolute Gasteiger partial charge is 0.508 e. The zero-order valence-electron chi connectivity index (χ0n) is 11.5. The molecule has 3 aromatic rings. The van der Waals surface area contributed by atoms with E-state index in [1.165, 1.54) is 6.07 Å². The van der Waals surface area contributed by atoms with Gasteiger partial charge >= 0.3 is 0 Å². The van der Waals surface area contributed by atoms with Crippen molar-refractivity contribution in [2.45, 2.75) is 13.5 Å². The molecule has 0 spiro atoms. The van der Waals surface area contributed by atoms with Crippen molar-refractivity contribution in [3.8, 4) is 5.75 Å². The molecule has 0 unspecified atom stereocenters. The Bertz CT molecular complexity index is 822. The zero-order valence-corrected chi connectivity index (χ0v) is 11.5. The van der Waals surface area contributed by atoms with E-state index >= 15 is 0 Å². The minimum absolute atomic E-state index is 0.0981. The van der Waals surface area contributed by atoms with Crippen molar-refractivity contribution >= 4 is 16.6 Å². The molecule has 0 radical (unpaired) electrons. The molecule has 0 fully saturated rings. The smallest absolute Gasteiger partial charge is 0.297 e. The summed E-state index contributed by atoms with van der Waals surface area (Å²) in [5.41, 5.74) is 2.41. The van der Waals surface area contributed by atoms with Crippen molar-refractivity contribution in [3.05, 3.63) is 69.9 Å². The van der Waals surface area contributed by atoms with Crippen LogP contribution in [0.2, 0.25) is 0 Å². The lowest BCUT2D eigenvalue weighted by Gasteiger charge is -2.07. The average Bonchev–Trinajstić information content (AvgIpc) is 2.73. The van der Waals surface area contributed by atoms with Crippen molar-refractivity contribution in [2.75, 3.05) is 0 Å². The maximum Gasteiger partial charge on any atom is 0.297 e. The molecule has 3 rings (SSSR count). The van der Waals surface area contributed by atoms with E-state index in [9.17, 15) is 15.2 Å². The van der Waals surface area contributed by atoms with Crippen LogP contribution in [0, 0.1) is 17.0 Å². The summed E-state index contributed by atoms with van der Waals surface area (Å²) in [5.74, 6) is 0.101. The highest BCUT2D eigenvalue weighted by molar-refractivity contribution is 5.92. The molecule has 0 amide bonds. The highest BCUT2D eigenvalue weighted by Gasteiger charge is 2.23. The molecule has 0 atom stereocenters. The molecule has 1 heterocycles. The van der Waals surface area contributed by atoms with Gasteiger partial charge in [0.15, 0.2) is 0 Å². The highest BCUT2D eigenvalue weighted by atomic mass is 16.6. The highest BCUT2D eigenvalue weighted by Crippen LogP contribution is 2.34. The fraction of sp³-hybridized carbons (Fsp3) is 0.125. The maximum atomic E-state index is 11.3. The molecule has 0 saturated carbocycles. The number of benzene rings is 2. The second-order valence-corrected chi connectivity index (χ2v) is 4.96. The Morgan fingerprint density at radius 3 is 2.57 bits per heavy atom. The molecule has 0 aliphatic carbocycles. The Kier molecular flexibility index (Phi) is 3.10. The lowest BCUT2D eigenvalue weighted by molar-refractivity contribution is -0.383. The number of rotatable bonds is 3. The Hall–Kier alpha value is -2.82. The van der Waals surface area contributed by atoms with Crippen LogP contribution in [0.25, 0.3) is 10.9 Å². The Balaban J connectivity index is 2.24. The first kappa shape index (κ1) is 13.2. The molecule has 0 aliphatic heterocycles. The van der Waals surface area contributed by atoms with Gasteiger partial charge in [0.1, 0.15) is 5.75 Å². The van der Waals surface area contributed by atoms with Crippen molar-refractivity contribution in [2.24, 2.45) is 0 Å². The van der Waals surface area contributed by atoms with E-state index < -0.39 is 0 Å². The van der Waals surface area contributed by atoms with Gasteiger partial charge in [-0.3, -0.25) is 10.1 Å². The second kappa shape index (κ2) is 4.94. The van der Waals surface area contributed by atoms with Crippen LogP contribution in [0.15, 0.2) is 48.5 Å². The van der Waals surface area contributed by atoms with Gasteiger partial charge in [-0.05, 0) is 24.6 Å². The summed E-state index contributed by atoms with van der Waals surface area (Å²) in [7, 11) is 0. The van der Waals surface area contributed by atoms with E-state index in [0.29, 0.717) is 23.1 Å². The van der Waals surface area contributed by atoms with Gasteiger partial charge in [-0.25, -0.2) is 0 Å². The number of nitro groups is 1. The summed E-state index contributed by atoms with van der Waals surface area (Å²) < 4.78 is 1.86.